The Balaban J connectivity index is 1.77. The molecule has 0 amide bonds. The summed E-state index contributed by atoms with van der Waals surface area (Å²) in [7, 11) is 0. The van der Waals surface area contributed by atoms with Crippen LogP contribution in [0.2, 0.25) is 0 Å². The minimum absolute atomic E-state index is 0.0114. The van der Waals surface area contributed by atoms with Gasteiger partial charge in [-0.3, -0.25) is 9.59 Å². The van der Waals surface area contributed by atoms with Gasteiger partial charge < -0.3 is 9.47 Å². The molecule has 1 atom stereocenters. The predicted octanol–water partition coefficient (Wildman–Crippen LogP) is 3.36. The molecular formula is C18H18O4. The van der Waals surface area contributed by atoms with Gasteiger partial charge in [0.25, 0.3) is 0 Å². The van der Waals surface area contributed by atoms with Crippen molar-refractivity contribution in [1.82, 2.24) is 0 Å². The van der Waals surface area contributed by atoms with Gasteiger partial charge >= 0.3 is 11.9 Å². The second-order valence-electron chi connectivity index (χ2n) is 4.99. The standard InChI is InChI=1S/C18H18O4/c1-14(12-17(19)22-16-10-6-3-7-11-16)18(20)21-13-15-8-4-2-5-9-15/h2-11,14H,12-13H2,1H3. The molecule has 1 unspecified atom stereocenters. The highest BCUT2D eigenvalue weighted by molar-refractivity contribution is 5.80. The molecule has 2 rings (SSSR count). The molecule has 0 saturated carbocycles. The normalized spacial score (nSPS) is 11.5. The summed E-state index contributed by atoms with van der Waals surface area (Å²) in [6.07, 6.45) is -0.0114. The topological polar surface area (TPSA) is 52.6 Å². The molecule has 0 saturated heterocycles. The lowest BCUT2D eigenvalue weighted by molar-refractivity contribution is -0.152. The molecule has 4 heteroatoms. The highest BCUT2D eigenvalue weighted by Gasteiger charge is 2.19. The van der Waals surface area contributed by atoms with E-state index in [1.165, 1.54) is 0 Å². The van der Waals surface area contributed by atoms with Crippen LogP contribution < -0.4 is 4.74 Å². The van der Waals surface area contributed by atoms with Gasteiger partial charge in [0.15, 0.2) is 0 Å². The highest BCUT2D eigenvalue weighted by Crippen LogP contribution is 2.13. The zero-order valence-corrected chi connectivity index (χ0v) is 12.4. The smallest absolute Gasteiger partial charge is 0.312 e. The fourth-order valence-electron chi connectivity index (χ4n) is 1.87. The first-order valence-electron chi connectivity index (χ1n) is 7.11. The Morgan fingerprint density at radius 1 is 0.955 bits per heavy atom. The molecule has 2 aromatic carbocycles. The number of ether oxygens (including phenoxy) is 2. The van der Waals surface area contributed by atoms with Crippen molar-refractivity contribution in [1.29, 1.82) is 0 Å². The van der Waals surface area contributed by atoms with Crippen molar-refractivity contribution in [3.63, 3.8) is 0 Å². The lowest BCUT2D eigenvalue weighted by Crippen LogP contribution is -2.20. The minimum Gasteiger partial charge on any atom is -0.461 e. The summed E-state index contributed by atoms with van der Waals surface area (Å²) in [4.78, 5) is 23.6. The van der Waals surface area contributed by atoms with E-state index in [0.717, 1.165) is 5.56 Å². The van der Waals surface area contributed by atoms with Crippen LogP contribution in [-0.2, 0) is 20.9 Å². The average molecular weight is 298 g/mol. The predicted molar refractivity (Wildman–Crippen MR) is 82.1 cm³/mol. The number of carbonyl (C=O) groups excluding carboxylic acids is 2. The largest absolute Gasteiger partial charge is 0.461 e. The van der Waals surface area contributed by atoms with Crippen molar-refractivity contribution >= 4 is 11.9 Å². The number of hydrogen-bond donors (Lipinski definition) is 0. The molecule has 22 heavy (non-hydrogen) atoms. The van der Waals surface area contributed by atoms with Gasteiger partial charge in [-0.15, -0.1) is 0 Å². The van der Waals surface area contributed by atoms with E-state index in [9.17, 15) is 9.59 Å². The van der Waals surface area contributed by atoms with E-state index in [0.29, 0.717) is 5.75 Å². The van der Waals surface area contributed by atoms with Gasteiger partial charge in [0.05, 0.1) is 12.3 Å². The minimum atomic E-state index is -0.542. The number of rotatable bonds is 6. The fourth-order valence-corrected chi connectivity index (χ4v) is 1.87. The number of hydrogen-bond acceptors (Lipinski definition) is 4. The third-order valence-electron chi connectivity index (χ3n) is 3.07. The third kappa shape index (κ3) is 5.05. The zero-order chi connectivity index (χ0) is 15.8. The van der Waals surface area contributed by atoms with Crippen molar-refractivity contribution in [2.45, 2.75) is 20.0 Å². The average Bonchev–Trinajstić information content (AvgIpc) is 2.54. The van der Waals surface area contributed by atoms with Gasteiger partial charge in [0, 0.05) is 0 Å². The van der Waals surface area contributed by atoms with E-state index in [2.05, 4.69) is 0 Å². The Morgan fingerprint density at radius 2 is 1.55 bits per heavy atom. The zero-order valence-electron chi connectivity index (χ0n) is 12.4. The second kappa shape index (κ2) is 7.98. The number of carbonyl (C=O) groups is 2. The molecule has 0 fully saturated rings. The Labute approximate surface area is 129 Å². The van der Waals surface area contributed by atoms with Gasteiger partial charge in [0.2, 0.25) is 0 Å². The Bertz CT molecular complexity index is 607. The van der Waals surface area contributed by atoms with Crippen molar-refractivity contribution < 1.29 is 19.1 Å². The quantitative estimate of drug-likeness (QED) is 0.606. The molecule has 0 aliphatic carbocycles. The molecule has 0 heterocycles. The van der Waals surface area contributed by atoms with E-state index in [1.807, 2.05) is 36.4 Å². The number of esters is 2. The Kier molecular flexibility index (Phi) is 5.72. The molecule has 4 nitrogen and oxygen atoms in total. The van der Waals surface area contributed by atoms with E-state index in [4.69, 9.17) is 9.47 Å². The highest BCUT2D eigenvalue weighted by atomic mass is 16.5. The first-order chi connectivity index (χ1) is 10.6. The molecule has 0 radical (unpaired) electrons. The molecule has 0 aromatic heterocycles. The summed E-state index contributed by atoms with van der Waals surface area (Å²) >= 11 is 0. The molecule has 0 N–H and O–H groups in total. The van der Waals surface area contributed by atoms with Gasteiger partial charge in [-0.25, -0.2) is 0 Å². The first kappa shape index (κ1) is 15.8. The van der Waals surface area contributed by atoms with Crippen molar-refractivity contribution in [2.75, 3.05) is 0 Å². The van der Waals surface area contributed by atoms with Crippen LogP contribution >= 0.6 is 0 Å². The van der Waals surface area contributed by atoms with Crippen LogP contribution in [-0.4, -0.2) is 11.9 Å². The molecule has 0 aliphatic heterocycles. The molecule has 0 aliphatic rings. The van der Waals surface area contributed by atoms with E-state index < -0.39 is 17.9 Å². The lowest BCUT2D eigenvalue weighted by atomic mass is 10.1. The van der Waals surface area contributed by atoms with Gasteiger partial charge in [-0.05, 0) is 17.7 Å². The van der Waals surface area contributed by atoms with Crippen molar-refractivity contribution in [3.05, 3.63) is 66.2 Å². The molecule has 114 valence electrons. The van der Waals surface area contributed by atoms with Crippen LogP contribution in [0.1, 0.15) is 18.9 Å². The summed E-state index contributed by atoms with van der Waals surface area (Å²) in [5.74, 6) is -0.929. The molecule has 0 spiro atoms. The summed E-state index contributed by atoms with van der Waals surface area (Å²) in [5, 5.41) is 0. The van der Waals surface area contributed by atoms with Crippen LogP contribution in [0.25, 0.3) is 0 Å². The van der Waals surface area contributed by atoms with Crippen LogP contribution in [0.4, 0.5) is 0 Å². The summed E-state index contributed by atoms with van der Waals surface area (Å²) in [6.45, 7) is 1.86. The first-order valence-corrected chi connectivity index (χ1v) is 7.11. The van der Waals surface area contributed by atoms with Gasteiger partial charge in [-0.2, -0.15) is 0 Å². The monoisotopic (exact) mass is 298 g/mol. The van der Waals surface area contributed by atoms with Crippen LogP contribution in [0.15, 0.2) is 60.7 Å². The van der Waals surface area contributed by atoms with Crippen molar-refractivity contribution in [3.8, 4) is 5.75 Å². The number of para-hydroxylation sites is 1. The summed E-state index contributed by atoms with van der Waals surface area (Å²) in [5.41, 5.74) is 0.912. The lowest BCUT2D eigenvalue weighted by Gasteiger charge is -2.11. The maximum Gasteiger partial charge on any atom is 0.312 e. The molecular weight excluding hydrogens is 280 g/mol. The van der Waals surface area contributed by atoms with Crippen molar-refractivity contribution in [2.24, 2.45) is 5.92 Å². The Hall–Kier alpha value is -2.62. The summed E-state index contributed by atoms with van der Waals surface area (Å²) in [6, 6.07) is 18.2. The van der Waals surface area contributed by atoms with E-state index >= 15 is 0 Å². The van der Waals surface area contributed by atoms with Gasteiger partial charge in [-0.1, -0.05) is 55.5 Å². The van der Waals surface area contributed by atoms with Gasteiger partial charge in [0.1, 0.15) is 12.4 Å². The second-order valence-corrected chi connectivity index (χ2v) is 4.99. The molecule has 2 aromatic rings. The van der Waals surface area contributed by atoms with Crippen LogP contribution in [0.3, 0.4) is 0 Å². The Morgan fingerprint density at radius 3 is 2.18 bits per heavy atom. The summed E-state index contributed by atoms with van der Waals surface area (Å²) < 4.78 is 10.3. The maximum absolute atomic E-state index is 11.9. The fraction of sp³-hybridized carbons (Fsp3) is 0.222. The van der Waals surface area contributed by atoms with E-state index in [1.54, 1.807) is 31.2 Å². The van der Waals surface area contributed by atoms with Crippen LogP contribution in [0, 0.1) is 5.92 Å². The SMILES string of the molecule is CC(CC(=O)Oc1ccccc1)C(=O)OCc1ccccc1. The maximum atomic E-state index is 11.9. The van der Waals surface area contributed by atoms with E-state index in [-0.39, 0.29) is 13.0 Å². The third-order valence-corrected chi connectivity index (χ3v) is 3.07. The van der Waals surface area contributed by atoms with Crippen LogP contribution in [0.5, 0.6) is 5.75 Å². The number of benzene rings is 2. The molecule has 0 bridgehead atoms.